The third-order valence-electron chi connectivity index (χ3n) is 3.65. The zero-order valence-corrected chi connectivity index (χ0v) is 10.0. The summed E-state index contributed by atoms with van der Waals surface area (Å²) in [6.45, 7) is 4.34. The average Bonchev–Trinajstić information content (AvgIpc) is 2.78. The molecule has 14 heavy (non-hydrogen) atoms. The molecule has 2 nitrogen and oxygen atoms in total. The molecule has 1 N–H and O–H groups in total. The van der Waals surface area contributed by atoms with Crippen molar-refractivity contribution in [3.63, 3.8) is 0 Å². The van der Waals surface area contributed by atoms with Crippen LogP contribution in [0.2, 0.25) is 0 Å². The fourth-order valence-corrected chi connectivity index (χ4v) is 4.43. The average molecular weight is 215 g/mol. The lowest BCUT2D eigenvalue weighted by Crippen LogP contribution is -2.49. The second-order valence-corrected chi connectivity index (χ2v) is 6.28. The Morgan fingerprint density at radius 2 is 2.43 bits per heavy atom. The highest BCUT2D eigenvalue weighted by Gasteiger charge is 2.42. The molecule has 2 saturated heterocycles. The Bertz CT molecular complexity index is 186. The number of ether oxygens (including phenoxy) is 1. The van der Waals surface area contributed by atoms with Gasteiger partial charge >= 0.3 is 0 Å². The van der Waals surface area contributed by atoms with Crippen LogP contribution in [0.25, 0.3) is 0 Å². The molecule has 0 amide bonds. The van der Waals surface area contributed by atoms with Gasteiger partial charge in [-0.25, -0.2) is 0 Å². The number of thioether (sulfide) groups is 1. The van der Waals surface area contributed by atoms with E-state index in [1.54, 1.807) is 0 Å². The SMILES string of the molecule is CNC(C1CCOC1)C1(C)CCCS1. The highest BCUT2D eigenvalue weighted by atomic mass is 32.2. The van der Waals surface area contributed by atoms with Crippen LogP contribution in [0.3, 0.4) is 0 Å². The molecule has 0 aromatic rings. The van der Waals surface area contributed by atoms with Crippen molar-refractivity contribution in [2.24, 2.45) is 5.92 Å². The molecule has 0 aromatic heterocycles. The van der Waals surface area contributed by atoms with Crippen molar-refractivity contribution in [2.45, 2.75) is 37.0 Å². The van der Waals surface area contributed by atoms with Crippen molar-refractivity contribution >= 4 is 11.8 Å². The predicted molar refractivity (Wildman–Crippen MR) is 61.9 cm³/mol. The second-order valence-electron chi connectivity index (χ2n) is 4.65. The number of nitrogens with one attached hydrogen (secondary N) is 1. The summed E-state index contributed by atoms with van der Waals surface area (Å²) >= 11 is 2.15. The smallest absolute Gasteiger partial charge is 0.0510 e. The lowest BCUT2D eigenvalue weighted by atomic mass is 9.85. The van der Waals surface area contributed by atoms with Crippen molar-refractivity contribution in [2.75, 3.05) is 26.0 Å². The summed E-state index contributed by atoms with van der Waals surface area (Å²) < 4.78 is 5.95. The molecule has 3 atom stereocenters. The summed E-state index contributed by atoms with van der Waals surface area (Å²) in [4.78, 5) is 0. The van der Waals surface area contributed by atoms with Gasteiger partial charge in [-0.05, 0) is 39.0 Å². The Kier molecular flexibility index (Phi) is 3.40. The molecule has 82 valence electrons. The molecule has 0 saturated carbocycles. The van der Waals surface area contributed by atoms with Crippen LogP contribution >= 0.6 is 11.8 Å². The predicted octanol–water partition coefficient (Wildman–Crippen LogP) is 1.90. The van der Waals surface area contributed by atoms with Gasteiger partial charge in [-0.15, -0.1) is 0 Å². The van der Waals surface area contributed by atoms with E-state index < -0.39 is 0 Å². The minimum atomic E-state index is 0.452. The first-order valence-electron chi connectivity index (χ1n) is 5.65. The van der Waals surface area contributed by atoms with Gasteiger partial charge in [0.05, 0.1) is 6.61 Å². The summed E-state index contributed by atoms with van der Waals surface area (Å²) in [5.41, 5.74) is 0. The monoisotopic (exact) mass is 215 g/mol. The normalized spacial score (nSPS) is 40.3. The van der Waals surface area contributed by atoms with Gasteiger partial charge in [-0.1, -0.05) is 0 Å². The first kappa shape index (κ1) is 10.8. The molecular formula is C11H21NOS. The largest absolute Gasteiger partial charge is 0.381 e. The quantitative estimate of drug-likeness (QED) is 0.777. The van der Waals surface area contributed by atoms with Crippen LogP contribution in [0.15, 0.2) is 0 Å². The molecule has 2 aliphatic heterocycles. The van der Waals surface area contributed by atoms with Crippen molar-refractivity contribution in [1.82, 2.24) is 5.32 Å². The van der Waals surface area contributed by atoms with E-state index in [2.05, 4.69) is 31.1 Å². The molecule has 3 unspecified atom stereocenters. The minimum Gasteiger partial charge on any atom is -0.381 e. The Morgan fingerprint density at radius 3 is 2.93 bits per heavy atom. The zero-order valence-electron chi connectivity index (χ0n) is 9.21. The van der Waals surface area contributed by atoms with Crippen molar-refractivity contribution in [3.05, 3.63) is 0 Å². The third-order valence-corrected chi connectivity index (χ3v) is 5.26. The van der Waals surface area contributed by atoms with Crippen LogP contribution in [-0.4, -0.2) is 36.8 Å². The molecule has 0 radical (unpaired) electrons. The Morgan fingerprint density at radius 1 is 1.57 bits per heavy atom. The molecule has 2 aliphatic rings. The molecule has 0 spiro atoms. The van der Waals surface area contributed by atoms with Crippen LogP contribution < -0.4 is 5.32 Å². The topological polar surface area (TPSA) is 21.3 Å². The van der Waals surface area contributed by atoms with Gasteiger partial charge in [-0.2, -0.15) is 11.8 Å². The first-order chi connectivity index (χ1) is 6.76. The van der Waals surface area contributed by atoms with Crippen molar-refractivity contribution < 1.29 is 4.74 Å². The maximum Gasteiger partial charge on any atom is 0.0510 e. The summed E-state index contributed by atoms with van der Waals surface area (Å²) in [6, 6.07) is 0.637. The van der Waals surface area contributed by atoms with E-state index in [4.69, 9.17) is 4.74 Å². The van der Waals surface area contributed by atoms with Crippen LogP contribution in [-0.2, 0) is 4.74 Å². The highest BCUT2D eigenvalue weighted by Crippen LogP contribution is 2.43. The number of hydrogen-bond donors (Lipinski definition) is 1. The van der Waals surface area contributed by atoms with Crippen LogP contribution in [0.1, 0.15) is 26.2 Å². The van der Waals surface area contributed by atoms with Crippen LogP contribution in [0, 0.1) is 5.92 Å². The van der Waals surface area contributed by atoms with E-state index in [9.17, 15) is 0 Å². The fraction of sp³-hybridized carbons (Fsp3) is 1.00. The van der Waals surface area contributed by atoms with E-state index in [1.807, 2.05) is 0 Å². The van der Waals surface area contributed by atoms with E-state index in [0.29, 0.717) is 10.8 Å². The third kappa shape index (κ3) is 1.95. The molecule has 0 aliphatic carbocycles. The highest BCUT2D eigenvalue weighted by molar-refractivity contribution is 8.00. The summed E-state index contributed by atoms with van der Waals surface area (Å²) in [7, 11) is 2.10. The van der Waals surface area contributed by atoms with Gasteiger partial charge in [0.1, 0.15) is 0 Å². The van der Waals surface area contributed by atoms with Gasteiger partial charge in [-0.3, -0.25) is 0 Å². The van der Waals surface area contributed by atoms with Gasteiger partial charge in [0, 0.05) is 23.3 Å². The summed E-state index contributed by atoms with van der Waals surface area (Å²) in [5.74, 6) is 2.07. The Hall–Kier alpha value is 0.270. The second kappa shape index (κ2) is 4.42. The Labute approximate surface area is 91.2 Å². The summed E-state index contributed by atoms with van der Waals surface area (Å²) in [6.07, 6.45) is 3.98. The standard InChI is InChI=1S/C11H21NOS/c1-11(5-3-7-14-11)10(12-2)9-4-6-13-8-9/h9-10,12H,3-8H2,1-2H3. The summed E-state index contributed by atoms with van der Waals surface area (Å²) in [5, 5.41) is 3.53. The van der Waals surface area contributed by atoms with E-state index in [-0.39, 0.29) is 0 Å². The maximum atomic E-state index is 5.50. The van der Waals surface area contributed by atoms with Gasteiger partial charge in [0.15, 0.2) is 0 Å². The molecule has 0 aromatic carbocycles. The number of rotatable bonds is 3. The molecule has 0 bridgehead atoms. The van der Waals surface area contributed by atoms with Crippen LogP contribution in [0.4, 0.5) is 0 Å². The molecule has 2 rings (SSSR count). The molecule has 3 heteroatoms. The molecular weight excluding hydrogens is 194 g/mol. The minimum absolute atomic E-state index is 0.452. The van der Waals surface area contributed by atoms with E-state index in [1.165, 1.54) is 25.0 Å². The van der Waals surface area contributed by atoms with Crippen molar-refractivity contribution in [1.29, 1.82) is 0 Å². The van der Waals surface area contributed by atoms with Crippen LogP contribution in [0.5, 0.6) is 0 Å². The molecule has 2 fully saturated rings. The first-order valence-corrected chi connectivity index (χ1v) is 6.64. The van der Waals surface area contributed by atoms with Gasteiger partial charge < -0.3 is 10.1 Å². The van der Waals surface area contributed by atoms with E-state index >= 15 is 0 Å². The van der Waals surface area contributed by atoms with Crippen molar-refractivity contribution in [3.8, 4) is 0 Å². The zero-order chi connectivity index (χ0) is 10.0. The maximum absolute atomic E-state index is 5.50. The van der Waals surface area contributed by atoms with E-state index in [0.717, 1.165) is 19.1 Å². The van der Waals surface area contributed by atoms with Gasteiger partial charge in [0.2, 0.25) is 0 Å². The fourth-order valence-electron chi connectivity index (χ4n) is 2.90. The number of hydrogen-bond acceptors (Lipinski definition) is 3. The lowest BCUT2D eigenvalue weighted by Gasteiger charge is -2.36. The molecule has 2 heterocycles. The lowest BCUT2D eigenvalue weighted by molar-refractivity contribution is 0.171. The van der Waals surface area contributed by atoms with Gasteiger partial charge in [0.25, 0.3) is 0 Å². The Balaban J connectivity index is 2.03.